The number of hydrogen-bond donors (Lipinski definition) is 2. The molecule has 2 N–H and O–H groups in total. The Morgan fingerprint density at radius 1 is 1.29 bits per heavy atom. The first-order chi connectivity index (χ1) is 10.1. The molecule has 115 valence electrons. The second-order valence-electron chi connectivity index (χ2n) is 4.16. The molecule has 0 bridgehead atoms. The molecule has 0 aliphatic heterocycles. The van der Waals surface area contributed by atoms with E-state index in [1.807, 2.05) is 0 Å². The number of carbonyl (C=O) groups excluding carboxylic acids is 2. The van der Waals surface area contributed by atoms with Crippen molar-refractivity contribution in [1.82, 2.24) is 0 Å². The van der Waals surface area contributed by atoms with Crippen LogP contribution in [0.15, 0.2) is 18.2 Å². The molecule has 1 aromatic rings. The summed E-state index contributed by atoms with van der Waals surface area (Å²) in [6, 6.07) is 4.43. The highest BCUT2D eigenvalue weighted by Crippen LogP contribution is 2.29. The van der Waals surface area contributed by atoms with Crippen LogP contribution in [-0.2, 0) is 9.53 Å². The van der Waals surface area contributed by atoms with Gasteiger partial charge in [0.05, 0.1) is 13.2 Å². The average molecular weight is 297 g/mol. The molecule has 1 rings (SSSR count). The third-order valence-corrected chi connectivity index (χ3v) is 2.76. The summed E-state index contributed by atoms with van der Waals surface area (Å²) in [6.07, 6.45) is -2.26. The van der Waals surface area contributed by atoms with Crippen molar-refractivity contribution in [3.63, 3.8) is 0 Å². The normalized spacial score (nSPS) is 14.9. The summed E-state index contributed by atoms with van der Waals surface area (Å²) in [7, 11) is 2.67. The monoisotopic (exact) mass is 297 g/mol. The Labute approximate surface area is 122 Å². The van der Waals surface area contributed by atoms with Crippen LogP contribution in [0.3, 0.4) is 0 Å². The molecule has 1 aromatic carbocycles. The topological polar surface area (TPSA) is 102 Å². The number of rotatable bonds is 9. The summed E-state index contributed by atoms with van der Waals surface area (Å²) in [5.74, 6) is 0.488. The van der Waals surface area contributed by atoms with E-state index in [0.717, 1.165) is 0 Å². The van der Waals surface area contributed by atoms with E-state index in [2.05, 4.69) is 0 Å². The third-order valence-electron chi connectivity index (χ3n) is 2.76. The number of carbonyl (C=O) groups is 1. The maximum atomic E-state index is 10.7. The van der Waals surface area contributed by atoms with Gasteiger partial charge in [0.1, 0.15) is 12.4 Å². The highest BCUT2D eigenvalue weighted by Gasteiger charge is 2.29. The summed E-state index contributed by atoms with van der Waals surface area (Å²) in [4.78, 5) is 20.9. The Balaban J connectivity index is 2.90. The van der Waals surface area contributed by atoms with Crippen LogP contribution in [0.1, 0.15) is 16.8 Å². The zero-order chi connectivity index (χ0) is 15.8. The van der Waals surface area contributed by atoms with Crippen LogP contribution in [0, 0.1) is 0 Å². The van der Waals surface area contributed by atoms with Crippen LogP contribution in [0.25, 0.3) is 0 Å². The van der Waals surface area contributed by atoms with Gasteiger partial charge >= 0.3 is 0 Å². The van der Waals surface area contributed by atoms with E-state index in [1.165, 1.54) is 38.7 Å². The molecule has 7 nitrogen and oxygen atoms in total. The van der Waals surface area contributed by atoms with Crippen molar-refractivity contribution in [3.8, 4) is 11.5 Å². The van der Waals surface area contributed by atoms with Gasteiger partial charge in [0.15, 0.2) is 11.5 Å². The van der Waals surface area contributed by atoms with Crippen molar-refractivity contribution in [2.24, 2.45) is 0 Å². The van der Waals surface area contributed by atoms with E-state index in [4.69, 9.17) is 14.2 Å². The van der Waals surface area contributed by atoms with Gasteiger partial charge in [-0.05, 0) is 18.2 Å². The van der Waals surface area contributed by atoms with Crippen LogP contribution >= 0.6 is 0 Å². The Kier molecular flexibility index (Phi) is 6.80. The minimum atomic E-state index is -1.45. The molecule has 7 heteroatoms. The predicted octanol–water partition coefficient (Wildman–Crippen LogP) is 0.0806. The molecule has 21 heavy (non-hydrogen) atoms. The summed E-state index contributed by atoms with van der Waals surface area (Å²) >= 11 is 0. The fraction of sp³-hybridized carbons (Fsp3) is 0.429. The number of methoxy groups -OCH3 is 2. The Morgan fingerprint density at radius 2 is 2.00 bits per heavy atom. The molecule has 0 aromatic heterocycles. The summed E-state index contributed by atoms with van der Waals surface area (Å²) in [5.41, 5.74) is 0.393. The van der Waals surface area contributed by atoms with Gasteiger partial charge < -0.3 is 24.4 Å². The average Bonchev–Trinajstić information content (AvgIpc) is 2.52. The SMILES string of the molecule is COc1cc(C=O)ccc1OC(OC)C(O)C(O)C[C]=O. The lowest BCUT2D eigenvalue weighted by molar-refractivity contribution is -0.159. The van der Waals surface area contributed by atoms with Gasteiger partial charge in [-0.2, -0.15) is 0 Å². The standard InChI is InChI=1S/C14H17O7/c1-19-12-7-9(8-16)3-4-11(12)21-14(20-2)13(18)10(17)5-6-15/h3-4,7-8,10,13-14,17-18H,5H2,1-2H3. The highest BCUT2D eigenvalue weighted by atomic mass is 16.7. The van der Waals surface area contributed by atoms with Gasteiger partial charge in [-0.3, -0.25) is 9.59 Å². The molecule has 3 atom stereocenters. The van der Waals surface area contributed by atoms with Gasteiger partial charge in [0.2, 0.25) is 12.6 Å². The lowest BCUT2D eigenvalue weighted by Crippen LogP contribution is -2.42. The summed E-state index contributed by atoms with van der Waals surface area (Å²) in [6.45, 7) is 0. The van der Waals surface area contributed by atoms with Gasteiger partial charge in [0, 0.05) is 19.1 Å². The van der Waals surface area contributed by atoms with Crippen molar-refractivity contribution < 1.29 is 34.0 Å². The van der Waals surface area contributed by atoms with Crippen LogP contribution in [-0.4, -0.2) is 55.5 Å². The molecule has 0 aliphatic carbocycles. The lowest BCUT2D eigenvalue weighted by atomic mass is 10.1. The second-order valence-corrected chi connectivity index (χ2v) is 4.16. The molecular weight excluding hydrogens is 280 g/mol. The third kappa shape index (κ3) is 4.52. The number of hydrogen-bond acceptors (Lipinski definition) is 7. The number of aldehydes is 1. The van der Waals surface area contributed by atoms with Crippen LogP contribution in [0.2, 0.25) is 0 Å². The number of ether oxygens (including phenoxy) is 3. The Hall–Kier alpha value is -1.96. The maximum Gasteiger partial charge on any atom is 0.228 e. The van der Waals surface area contributed by atoms with Gasteiger partial charge in [-0.15, -0.1) is 0 Å². The van der Waals surface area contributed by atoms with Gasteiger partial charge in [-0.1, -0.05) is 0 Å². The minimum Gasteiger partial charge on any atom is -0.493 e. The first-order valence-corrected chi connectivity index (χ1v) is 6.11. The zero-order valence-electron chi connectivity index (χ0n) is 11.7. The molecule has 0 aliphatic rings. The zero-order valence-corrected chi connectivity index (χ0v) is 11.7. The predicted molar refractivity (Wildman–Crippen MR) is 72.1 cm³/mol. The fourth-order valence-corrected chi connectivity index (χ4v) is 1.62. The fourth-order valence-electron chi connectivity index (χ4n) is 1.62. The molecule has 0 saturated heterocycles. The van der Waals surface area contributed by atoms with Crippen LogP contribution in [0.5, 0.6) is 11.5 Å². The molecule has 0 heterocycles. The van der Waals surface area contributed by atoms with E-state index in [-0.39, 0.29) is 17.9 Å². The molecule has 0 amide bonds. The molecule has 1 radical (unpaired) electrons. The van der Waals surface area contributed by atoms with Crippen molar-refractivity contribution in [2.45, 2.75) is 24.9 Å². The summed E-state index contributed by atoms with van der Waals surface area (Å²) in [5, 5.41) is 19.4. The number of aliphatic hydroxyl groups excluding tert-OH is 2. The van der Waals surface area contributed by atoms with E-state index >= 15 is 0 Å². The lowest BCUT2D eigenvalue weighted by Gasteiger charge is -2.26. The molecule has 3 unspecified atom stereocenters. The largest absolute Gasteiger partial charge is 0.493 e. The van der Waals surface area contributed by atoms with Gasteiger partial charge in [-0.25, -0.2) is 0 Å². The molecule has 0 saturated carbocycles. The molecular formula is C14H17O7. The van der Waals surface area contributed by atoms with Crippen molar-refractivity contribution in [1.29, 1.82) is 0 Å². The first kappa shape index (κ1) is 17.1. The summed E-state index contributed by atoms with van der Waals surface area (Å²) < 4.78 is 15.4. The Morgan fingerprint density at radius 3 is 2.52 bits per heavy atom. The van der Waals surface area contributed by atoms with Crippen molar-refractivity contribution in [3.05, 3.63) is 23.8 Å². The molecule has 0 fully saturated rings. The van der Waals surface area contributed by atoms with E-state index in [0.29, 0.717) is 11.8 Å². The highest BCUT2D eigenvalue weighted by molar-refractivity contribution is 5.76. The smallest absolute Gasteiger partial charge is 0.228 e. The van der Waals surface area contributed by atoms with Crippen LogP contribution in [0.4, 0.5) is 0 Å². The quantitative estimate of drug-likeness (QED) is 0.491. The molecule has 0 spiro atoms. The van der Waals surface area contributed by atoms with Gasteiger partial charge in [0.25, 0.3) is 0 Å². The van der Waals surface area contributed by atoms with Crippen molar-refractivity contribution in [2.75, 3.05) is 14.2 Å². The maximum absolute atomic E-state index is 10.7. The van der Waals surface area contributed by atoms with Crippen LogP contribution < -0.4 is 9.47 Å². The van der Waals surface area contributed by atoms with Crippen molar-refractivity contribution >= 4 is 12.6 Å². The number of benzene rings is 1. The second kappa shape index (κ2) is 8.35. The first-order valence-electron chi connectivity index (χ1n) is 6.11. The van der Waals surface area contributed by atoms with E-state index < -0.39 is 18.5 Å². The van der Waals surface area contributed by atoms with E-state index in [9.17, 15) is 19.8 Å². The minimum absolute atomic E-state index is 0.219. The van der Waals surface area contributed by atoms with E-state index in [1.54, 1.807) is 0 Å². The number of aliphatic hydroxyl groups is 2. The Bertz CT molecular complexity index is 474.